The Kier molecular flexibility index (Phi) is 6.39. The van der Waals surface area contributed by atoms with Crippen molar-refractivity contribution in [1.29, 1.82) is 0 Å². The average molecular weight is 357 g/mol. The molecule has 1 heterocycles. The number of morpholine rings is 1. The van der Waals surface area contributed by atoms with Crippen LogP contribution in [0, 0.1) is 6.92 Å². The first kappa shape index (κ1) is 17.9. The molecule has 3 N–H and O–H groups in total. The van der Waals surface area contributed by atoms with E-state index in [9.17, 15) is 0 Å². The van der Waals surface area contributed by atoms with Crippen molar-refractivity contribution in [2.45, 2.75) is 13.0 Å². The predicted molar refractivity (Wildman–Crippen MR) is 106 cm³/mol. The third-order valence-corrected chi connectivity index (χ3v) is 4.70. The summed E-state index contributed by atoms with van der Waals surface area (Å²) in [7, 11) is 0. The number of benzene rings is 2. The molecule has 1 aliphatic heterocycles. The van der Waals surface area contributed by atoms with Gasteiger partial charge in [-0.2, -0.15) is 0 Å². The van der Waals surface area contributed by atoms with Crippen LogP contribution in [0.1, 0.15) is 17.2 Å². The maximum absolute atomic E-state index is 5.57. The van der Waals surface area contributed by atoms with E-state index in [2.05, 4.69) is 54.0 Å². The maximum atomic E-state index is 5.57. The van der Waals surface area contributed by atoms with E-state index in [1.54, 1.807) is 4.90 Å². The van der Waals surface area contributed by atoms with E-state index in [0.29, 0.717) is 5.11 Å². The molecule has 1 saturated heterocycles. The molecule has 2 aromatic carbocycles. The van der Waals surface area contributed by atoms with Gasteiger partial charge < -0.3 is 20.3 Å². The molecule has 0 unspecified atom stereocenters. The minimum Gasteiger partial charge on any atom is -0.370 e. The average Bonchev–Trinajstić information content (AvgIpc) is 2.63. The second-order valence-electron chi connectivity index (χ2n) is 6.50. The monoisotopic (exact) mass is 356 g/mol. The number of hydrogen-bond acceptors (Lipinski definition) is 2. The largest absolute Gasteiger partial charge is 0.370 e. The van der Waals surface area contributed by atoms with Crippen molar-refractivity contribution in [2.75, 3.05) is 38.2 Å². The lowest BCUT2D eigenvalue weighted by Crippen LogP contribution is -3.14. The first-order valence-electron chi connectivity index (χ1n) is 8.81. The van der Waals surface area contributed by atoms with Crippen LogP contribution in [0.4, 0.5) is 5.69 Å². The molecule has 0 spiro atoms. The highest BCUT2D eigenvalue weighted by Crippen LogP contribution is 2.13. The molecule has 0 aliphatic carbocycles. The summed E-state index contributed by atoms with van der Waals surface area (Å²) in [6.45, 7) is 6.83. The lowest BCUT2D eigenvalue weighted by Gasteiger charge is -2.29. The molecule has 0 saturated carbocycles. The van der Waals surface area contributed by atoms with Crippen LogP contribution >= 0.6 is 12.2 Å². The van der Waals surface area contributed by atoms with Crippen molar-refractivity contribution in [3.05, 3.63) is 65.7 Å². The molecule has 4 nitrogen and oxygen atoms in total. The molecule has 5 heteroatoms. The number of aryl methyl sites for hydroxylation is 1. The Hall–Kier alpha value is -1.95. The molecular formula is C20H26N3OS+. The first-order chi connectivity index (χ1) is 12.2. The van der Waals surface area contributed by atoms with Crippen LogP contribution in [0.15, 0.2) is 54.6 Å². The Morgan fingerprint density at radius 2 is 1.88 bits per heavy atom. The Morgan fingerprint density at radius 3 is 2.60 bits per heavy atom. The molecule has 132 valence electrons. The van der Waals surface area contributed by atoms with Gasteiger partial charge in [-0.15, -0.1) is 0 Å². The van der Waals surface area contributed by atoms with Crippen molar-refractivity contribution in [2.24, 2.45) is 0 Å². The number of thiocarbonyl (C=S) groups is 1. The molecule has 25 heavy (non-hydrogen) atoms. The molecule has 2 aromatic rings. The fraction of sp³-hybridized carbons (Fsp3) is 0.350. The van der Waals surface area contributed by atoms with E-state index in [-0.39, 0.29) is 6.04 Å². The summed E-state index contributed by atoms with van der Waals surface area (Å²) in [6.07, 6.45) is 0. The van der Waals surface area contributed by atoms with Gasteiger partial charge in [0, 0.05) is 5.69 Å². The Morgan fingerprint density at radius 1 is 1.12 bits per heavy atom. The van der Waals surface area contributed by atoms with Crippen molar-refractivity contribution in [1.82, 2.24) is 5.32 Å². The third kappa shape index (κ3) is 5.53. The lowest BCUT2D eigenvalue weighted by atomic mass is 10.1. The summed E-state index contributed by atoms with van der Waals surface area (Å²) >= 11 is 5.57. The van der Waals surface area contributed by atoms with E-state index in [4.69, 9.17) is 17.0 Å². The topological polar surface area (TPSA) is 37.7 Å². The van der Waals surface area contributed by atoms with Crippen LogP contribution in [-0.2, 0) is 4.74 Å². The summed E-state index contributed by atoms with van der Waals surface area (Å²) in [5, 5.41) is 7.47. The number of quaternary nitrogens is 1. The summed E-state index contributed by atoms with van der Waals surface area (Å²) in [5.74, 6) is 0. The summed E-state index contributed by atoms with van der Waals surface area (Å²) in [4.78, 5) is 1.55. The molecule has 1 aliphatic rings. The van der Waals surface area contributed by atoms with Gasteiger partial charge in [-0.25, -0.2) is 0 Å². The van der Waals surface area contributed by atoms with E-state index in [0.717, 1.165) is 38.5 Å². The van der Waals surface area contributed by atoms with Gasteiger partial charge >= 0.3 is 0 Å². The predicted octanol–water partition coefficient (Wildman–Crippen LogP) is 1.94. The SMILES string of the molecule is Cc1cccc(NC(=S)N[C@H](C[NH+]2CCOCC2)c2ccccc2)c1. The van der Waals surface area contributed by atoms with Crippen LogP contribution in [-0.4, -0.2) is 38.0 Å². The number of anilines is 1. The fourth-order valence-corrected chi connectivity index (χ4v) is 3.40. The number of ether oxygens (including phenoxy) is 1. The van der Waals surface area contributed by atoms with Gasteiger partial charge in [0.05, 0.1) is 13.2 Å². The van der Waals surface area contributed by atoms with Crippen LogP contribution < -0.4 is 15.5 Å². The van der Waals surface area contributed by atoms with Gasteiger partial charge in [0.1, 0.15) is 25.7 Å². The zero-order chi connectivity index (χ0) is 17.5. The van der Waals surface area contributed by atoms with Gasteiger partial charge in [-0.05, 0) is 42.4 Å². The van der Waals surface area contributed by atoms with Crippen LogP contribution in [0.5, 0.6) is 0 Å². The minimum atomic E-state index is 0.180. The highest BCUT2D eigenvalue weighted by atomic mass is 32.1. The van der Waals surface area contributed by atoms with Crippen molar-refractivity contribution >= 4 is 23.0 Å². The number of hydrogen-bond donors (Lipinski definition) is 3. The van der Waals surface area contributed by atoms with E-state index in [1.165, 1.54) is 11.1 Å². The van der Waals surface area contributed by atoms with Gasteiger partial charge in [0.15, 0.2) is 5.11 Å². The normalized spacial score (nSPS) is 16.2. The third-order valence-electron chi connectivity index (χ3n) is 4.48. The van der Waals surface area contributed by atoms with Crippen LogP contribution in [0.2, 0.25) is 0 Å². The molecule has 0 bridgehead atoms. The molecule has 0 radical (unpaired) electrons. The molecular weight excluding hydrogens is 330 g/mol. The summed E-state index contributed by atoms with van der Waals surface area (Å²) in [6, 6.07) is 18.9. The standard InChI is InChI=1S/C20H25N3OS/c1-16-6-5-9-18(14-16)21-20(25)22-19(17-7-3-2-4-8-17)15-23-10-12-24-13-11-23/h2-9,14,19H,10-13,15H2,1H3,(H2,21,22,25)/p+1/t19-/m1/s1. The summed E-state index contributed by atoms with van der Waals surface area (Å²) < 4.78 is 5.48. The zero-order valence-electron chi connectivity index (χ0n) is 14.6. The van der Waals surface area contributed by atoms with Crippen molar-refractivity contribution in [3.8, 4) is 0 Å². The molecule has 1 fully saturated rings. The lowest BCUT2D eigenvalue weighted by molar-refractivity contribution is -0.909. The van der Waals surface area contributed by atoms with E-state index >= 15 is 0 Å². The van der Waals surface area contributed by atoms with Gasteiger partial charge in [0.2, 0.25) is 0 Å². The molecule has 3 rings (SSSR count). The molecule has 0 amide bonds. The van der Waals surface area contributed by atoms with E-state index < -0.39 is 0 Å². The zero-order valence-corrected chi connectivity index (χ0v) is 15.4. The second-order valence-corrected chi connectivity index (χ2v) is 6.91. The van der Waals surface area contributed by atoms with Gasteiger partial charge in [-0.1, -0.05) is 42.5 Å². The smallest absolute Gasteiger partial charge is 0.171 e. The summed E-state index contributed by atoms with van der Waals surface area (Å²) in [5.41, 5.74) is 3.49. The van der Waals surface area contributed by atoms with Crippen LogP contribution in [0.3, 0.4) is 0 Å². The highest BCUT2D eigenvalue weighted by Gasteiger charge is 2.22. The fourth-order valence-electron chi connectivity index (χ4n) is 3.14. The second kappa shape index (κ2) is 8.94. The Bertz CT molecular complexity index is 686. The Balaban J connectivity index is 1.67. The van der Waals surface area contributed by atoms with Gasteiger partial charge in [-0.3, -0.25) is 0 Å². The number of nitrogens with one attached hydrogen (secondary N) is 3. The Labute approximate surface area is 155 Å². The maximum Gasteiger partial charge on any atom is 0.171 e. The van der Waals surface area contributed by atoms with Crippen molar-refractivity contribution in [3.63, 3.8) is 0 Å². The first-order valence-corrected chi connectivity index (χ1v) is 9.22. The molecule has 1 atom stereocenters. The highest BCUT2D eigenvalue weighted by molar-refractivity contribution is 7.80. The molecule has 0 aromatic heterocycles. The van der Waals surface area contributed by atoms with E-state index in [1.807, 2.05) is 18.2 Å². The van der Waals surface area contributed by atoms with Gasteiger partial charge in [0.25, 0.3) is 0 Å². The quantitative estimate of drug-likeness (QED) is 0.716. The van der Waals surface area contributed by atoms with Crippen molar-refractivity contribution < 1.29 is 9.64 Å². The minimum absolute atomic E-state index is 0.180. The number of rotatable bonds is 5. The van der Waals surface area contributed by atoms with Crippen LogP contribution in [0.25, 0.3) is 0 Å².